The Morgan fingerprint density at radius 3 is 2.50 bits per heavy atom. The molecule has 4 heteroatoms. The average Bonchev–Trinajstić information content (AvgIpc) is 2.40. The van der Waals surface area contributed by atoms with E-state index in [4.69, 9.17) is 5.73 Å². The second kappa shape index (κ2) is 5.81. The fourth-order valence-corrected chi connectivity index (χ4v) is 2.96. The zero-order valence-electron chi connectivity index (χ0n) is 12.6. The number of amides is 1. The standard InChI is InChI=1S/C16H25N3O/c1-16(2,3)12-8-6-11(7-9-12)15(20)19-14-13(17)5-4-10-18-14/h4-5,10-12H,6-9,17H2,1-3H3,(H,18,19,20). The van der Waals surface area contributed by atoms with Crippen LogP contribution in [0.3, 0.4) is 0 Å². The number of nitrogens with zero attached hydrogens (tertiary/aromatic N) is 1. The van der Waals surface area contributed by atoms with Crippen molar-refractivity contribution in [3.63, 3.8) is 0 Å². The van der Waals surface area contributed by atoms with E-state index in [-0.39, 0.29) is 11.8 Å². The molecular formula is C16H25N3O. The minimum Gasteiger partial charge on any atom is -0.396 e. The Hall–Kier alpha value is -1.58. The number of hydrogen-bond donors (Lipinski definition) is 2. The topological polar surface area (TPSA) is 68.0 Å². The predicted molar refractivity (Wildman–Crippen MR) is 82.2 cm³/mol. The Balaban J connectivity index is 1.91. The number of carbonyl (C=O) groups is 1. The number of carbonyl (C=O) groups excluding carboxylic acids is 1. The molecule has 0 spiro atoms. The smallest absolute Gasteiger partial charge is 0.228 e. The Bertz CT molecular complexity index is 471. The molecule has 0 aromatic carbocycles. The van der Waals surface area contributed by atoms with Gasteiger partial charge in [-0.05, 0) is 49.1 Å². The highest BCUT2D eigenvalue weighted by Crippen LogP contribution is 2.40. The molecule has 0 atom stereocenters. The van der Waals surface area contributed by atoms with Gasteiger partial charge in [0.1, 0.15) is 0 Å². The van der Waals surface area contributed by atoms with Crippen molar-refractivity contribution in [2.24, 2.45) is 17.3 Å². The SMILES string of the molecule is CC(C)(C)C1CCC(C(=O)Nc2ncccc2N)CC1. The molecule has 110 valence electrons. The third-order valence-corrected chi connectivity index (χ3v) is 4.40. The first-order valence-electron chi connectivity index (χ1n) is 7.39. The molecule has 0 radical (unpaired) electrons. The van der Waals surface area contributed by atoms with Gasteiger partial charge in [-0.15, -0.1) is 0 Å². The minimum atomic E-state index is 0.0581. The molecular weight excluding hydrogens is 250 g/mol. The van der Waals surface area contributed by atoms with Crippen LogP contribution in [-0.2, 0) is 4.79 Å². The van der Waals surface area contributed by atoms with Crippen molar-refractivity contribution in [1.82, 2.24) is 4.98 Å². The van der Waals surface area contributed by atoms with Crippen LogP contribution < -0.4 is 11.1 Å². The lowest BCUT2D eigenvalue weighted by molar-refractivity contribution is -0.121. The molecule has 0 aliphatic heterocycles. The van der Waals surface area contributed by atoms with E-state index in [1.807, 2.05) is 0 Å². The quantitative estimate of drug-likeness (QED) is 0.868. The molecule has 1 aliphatic rings. The minimum absolute atomic E-state index is 0.0581. The van der Waals surface area contributed by atoms with Crippen molar-refractivity contribution in [2.45, 2.75) is 46.5 Å². The molecule has 1 aliphatic carbocycles. The summed E-state index contributed by atoms with van der Waals surface area (Å²) in [6, 6.07) is 3.51. The van der Waals surface area contributed by atoms with Crippen LogP contribution in [0.15, 0.2) is 18.3 Å². The number of pyridine rings is 1. The molecule has 1 aromatic rings. The first-order chi connectivity index (χ1) is 9.38. The van der Waals surface area contributed by atoms with E-state index >= 15 is 0 Å². The molecule has 1 aromatic heterocycles. The van der Waals surface area contributed by atoms with Crippen molar-refractivity contribution in [1.29, 1.82) is 0 Å². The van der Waals surface area contributed by atoms with E-state index in [2.05, 4.69) is 31.1 Å². The van der Waals surface area contributed by atoms with E-state index in [1.54, 1.807) is 18.3 Å². The monoisotopic (exact) mass is 275 g/mol. The highest BCUT2D eigenvalue weighted by molar-refractivity contribution is 5.94. The fourth-order valence-electron chi connectivity index (χ4n) is 2.96. The van der Waals surface area contributed by atoms with Crippen LogP contribution in [0.1, 0.15) is 46.5 Å². The van der Waals surface area contributed by atoms with E-state index < -0.39 is 0 Å². The second-order valence-electron chi connectivity index (χ2n) is 6.85. The summed E-state index contributed by atoms with van der Waals surface area (Å²) >= 11 is 0. The maximum Gasteiger partial charge on any atom is 0.228 e. The molecule has 0 unspecified atom stereocenters. The summed E-state index contributed by atoms with van der Waals surface area (Å²) in [6.07, 6.45) is 5.81. The van der Waals surface area contributed by atoms with Gasteiger partial charge < -0.3 is 11.1 Å². The molecule has 4 nitrogen and oxygen atoms in total. The highest BCUT2D eigenvalue weighted by Gasteiger charge is 2.32. The Labute approximate surface area is 121 Å². The molecule has 0 saturated heterocycles. The Morgan fingerprint density at radius 2 is 1.95 bits per heavy atom. The normalized spacial score (nSPS) is 23.4. The number of nitrogen functional groups attached to an aromatic ring is 1. The third kappa shape index (κ3) is 3.50. The molecule has 1 heterocycles. The predicted octanol–water partition coefficient (Wildman–Crippen LogP) is 3.45. The van der Waals surface area contributed by atoms with Gasteiger partial charge in [-0.25, -0.2) is 4.98 Å². The second-order valence-corrected chi connectivity index (χ2v) is 6.85. The van der Waals surface area contributed by atoms with Crippen LogP contribution in [0.4, 0.5) is 11.5 Å². The number of aromatic nitrogens is 1. The Morgan fingerprint density at radius 1 is 1.30 bits per heavy atom. The summed E-state index contributed by atoms with van der Waals surface area (Å²) in [7, 11) is 0. The molecule has 0 bridgehead atoms. The lowest BCUT2D eigenvalue weighted by Gasteiger charge is -2.36. The van der Waals surface area contributed by atoms with Gasteiger partial charge in [0.2, 0.25) is 5.91 Å². The lowest BCUT2D eigenvalue weighted by atomic mass is 9.69. The molecule has 1 amide bonds. The van der Waals surface area contributed by atoms with Gasteiger partial charge in [-0.2, -0.15) is 0 Å². The van der Waals surface area contributed by atoms with Gasteiger partial charge >= 0.3 is 0 Å². The molecule has 1 saturated carbocycles. The summed E-state index contributed by atoms with van der Waals surface area (Å²) in [6.45, 7) is 6.85. The van der Waals surface area contributed by atoms with Gasteiger partial charge in [0.25, 0.3) is 0 Å². The summed E-state index contributed by atoms with van der Waals surface area (Å²) in [5, 5.41) is 2.86. The van der Waals surface area contributed by atoms with Crippen LogP contribution in [0, 0.1) is 17.3 Å². The van der Waals surface area contributed by atoms with E-state index in [9.17, 15) is 4.79 Å². The number of hydrogen-bond acceptors (Lipinski definition) is 3. The van der Waals surface area contributed by atoms with Crippen molar-refractivity contribution in [3.8, 4) is 0 Å². The van der Waals surface area contributed by atoms with Crippen molar-refractivity contribution >= 4 is 17.4 Å². The van der Waals surface area contributed by atoms with E-state index in [0.717, 1.165) is 25.7 Å². The van der Waals surface area contributed by atoms with Gasteiger partial charge in [-0.3, -0.25) is 4.79 Å². The largest absolute Gasteiger partial charge is 0.396 e. The summed E-state index contributed by atoms with van der Waals surface area (Å²) in [5.74, 6) is 1.35. The maximum absolute atomic E-state index is 12.3. The van der Waals surface area contributed by atoms with Gasteiger partial charge in [0.15, 0.2) is 5.82 Å². The third-order valence-electron chi connectivity index (χ3n) is 4.40. The van der Waals surface area contributed by atoms with Crippen LogP contribution in [-0.4, -0.2) is 10.9 Å². The number of anilines is 2. The zero-order valence-corrected chi connectivity index (χ0v) is 12.6. The van der Waals surface area contributed by atoms with Crippen LogP contribution in [0.5, 0.6) is 0 Å². The molecule has 20 heavy (non-hydrogen) atoms. The number of rotatable bonds is 2. The maximum atomic E-state index is 12.3. The first kappa shape index (κ1) is 14.8. The van der Waals surface area contributed by atoms with Gasteiger partial charge in [0.05, 0.1) is 5.69 Å². The fraction of sp³-hybridized carbons (Fsp3) is 0.625. The molecule has 3 N–H and O–H groups in total. The van der Waals surface area contributed by atoms with Gasteiger partial charge in [0, 0.05) is 12.1 Å². The average molecular weight is 275 g/mol. The van der Waals surface area contributed by atoms with Crippen molar-refractivity contribution < 1.29 is 4.79 Å². The van der Waals surface area contributed by atoms with Crippen LogP contribution in [0.2, 0.25) is 0 Å². The Kier molecular flexibility index (Phi) is 4.31. The number of nitrogens with one attached hydrogen (secondary N) is 1. The van der Waals surface area contributed by atoms with Crippen molar-refractivity contribution in [2.75, 3.05) is 11.1 Å². The first-order valence-corrected chi connectivity index (χ1v) is 7.39. The summed E-state index contributed by atoms with van der Waals surface area (Å²) in [4.78, 5) is 16.4. The molecule has 2 rings (SSSR count). The lowest BCUT2D eigenvalue weighted by Crippen LogP contribution is -2.31. The summed E-state index contributed by atoms with van der Waals surface area (Å²) in [5.41, 5.74) is 6.66. The van der Waals surface area contributed by atoms with E-state index in [0.29, 0.717) is 22.8 Å². The zero-order chi connectivity index (χ0) is 14.8. The number of nitrogens with two attached hydrogens (primary N) is 1. The van der Waals surface area contributed by atoms with Crippen LogP contribution in [0.25, 0.3) is 0 Å². The highest BCUT2D eigenvalue weighted by atomic mass is 16.1. The summed E-state index contributed by atoms with van der Waals surface area (Å²) < 4.78 is 0. The van der Waals surface area contributed by atoms with E-state index in [1.165, 1.54) is 0 Å². The molecule has 1 fully saturated rings. The van der Waals surface area contributed by atoms with Gasteiger partial charge in [-0.1, -0.05) is 20.8 Å². The van der Waals surface area contributed by atoms with Crippen LogP contribution >= 0.6 is 0 Å². The van der Waals surface area contributed by atoms with Crippen molar-refractivity contribution in [3.05, 3.63) is 18.3 Å².